The van der Waals surface area contributed by atoms with Gasteiger partial charge in [0, 0.05) is 13.7 Å². The van der Waals surface area contributed by atoms with Crippen LogP contribution < -0.4 is 4.74 Å². The fraction of sp³-hybridized carbons (Fsp3) is 0.478. The molecule has 0 radical (unpaired) electrons. The number of benzene rings is 1. The van der Waals surface area contributed by atoms with Crippen LogP contribution in [0.15, 0.2) is 48.3 Å². The molecule has 1 aromatic carbocycles. The van der Waals surface area contributed by atoms with E-state index in [1.165, 1.54) is 0 Å². The van der Waals surface area contributed by atoms with Gasteiger partial charge in [-0.3, -0.25) is 9.59 Å². The monoisotopic (exact) mass is 415 g/mol. The predicted molar refractivity (Wildman–Crippen MR) is 108 cm³/mol. The topological polar surface area (TPSA) is 65.1 Å². The van der Waals surface area contributed by atoms with Crippen LogP contribution in [-0.4, -0.2) is 55.7 Å². The summed E-state index contributed by atoms with van der Waals surface area (Å²) >= 11 is 0. The molecule has 1 fully saturated rings. The van der Waals surface area contributed by atoms with Crippen LogP contribution >= 0.6 is 0 Å². The number of ether oxygens (including phenoxy) is 3. The molecule has 4 rings (SSSR count). The molecule has 4 atom stereocenters. The first-order valence-corrected chi connectivity index (χ1v) is 10.3. The third kappa shape index (κ3) is 3.62. The number of carbonyl (C=O) groups is 2. The van der Waals surface area contributed by atoms with E-state index in [2.05, 4.69) is 6.58 Å². The third-order valence-electron chi connectivity index (χ3n) is 5.96. The zero-order valence-corrected chi connectivity index (χ0v) is 17.0. The summed E-state index contributed by atoms with van der Waals surface area (Å²) in [6.07, 6.45) is 1.13. The molecule has 1 aromatic rings. The molecule has 0 N–H and O–H groups in total. The molecule has 6 nitrogen and oxygen atoms in total. The Morgan fingerprint density at radius 2 is 2.17 bits per heavy atom. The Morgan fingerprint density at radius 1 is 1.33 bits per heavy atom. The van der Waals surface area contributed by atoms with E-state index in [-0.39, 0.29) is 23.9 Å². The first-order valence-electron chi connectivity index (χ1n) is 10.3. The summed E-state index contributed by atoms with van der Waals surface area (Å²) in [7, 11) is 1.56. The van der Waals surface area contributed by atoms with Crippen molar-refractivity contribution in [3.8, 4) is 5.75 Å². The van der Waals surface area contributed by atoms with Gasteiger partial charge in [-0.2, -0.15) is 0 Å². The molecule has 0 bridgehead atoms. The summed E-state index contributed by atoms with van der Waals surface area (Å²) in [4.78, 5) is 28.2. The maximum absolute atomic E-state index is 14.0. The van der Waals surface area contributed by atoms with Crippen molar-refractivity contribution in [3.05, 3.63) is 53.8 Å². The molecule has 0 spiro atoms. The summed E-state index contributed by atoms with van der Waals surface area (Å²) < 4.78 is 30.9. The second-order valence-corrected chi connectivity index (χ2v) is 7.85. The highest BCUT2D eigenvalue weighted by Crippen LogP contribution is 2.47. The number of nitrogens with zero attached hydrogens (tertiary/aromatic N) is 1. The van der Waals surface area contributed by atoms with Gasteiger partial charge < -0.3 is 19.1 Å². The van der Waals surface area contributed by atoms with Crippen LogP contribution in [0.25, 0.3) is 0 Å². The molecular formula is C23H26FNO5. The number of hydrogen-bond acceptors (Lipinski definition) is 5. The maximum atomic E-state index is 14.0. The number of rotatable bonds is 7. The van der Waals surface area contributed by atoms with Gasteiger partial charge in [0.25, 0.3) is 5.91 Å². The van der Waals surface area contributed by atoms with Crippen molar-refractivity contribution in [1.82, 2.24) is 4.90 Å². The number of amides is 1. The highest BCUT2D eigenvalue weighted by atomic mass is 19.1. The minimum absolute atomic E-state index is 0.108. The van der Waals surface area contributed by atoms with E-state index in [0.29, 0.717) is 43.9 Å². The fourth-order valence-electron chi connectivity index (χ4n) is 4.56. The van der Waals surface area contributed by atoms with E-state index in [0.717, 1.165) is 5.56 Å². The number of methoxy groups -OCH3 is 1. The van der Waals surface area contributed by atoms with Gasteiger partial charge in [-0.15, -0.1) is 0 Å². The van der Waals surface area contributed by atoms with E-state index >= 15 is 0 Å². The van der Waals surface area contributed by atoms with Crippen LogP contribution in [0.4, 0.5) is 4.39 Å². The van der Waals surface area contributed by atoms with Crippen LogP contribution in [0.5, 0.6) is 5.75 Å². The lowest BCUT2D eigenvalue weighted by Gasteiger charge is -2.36. The Bertz CT molecular complexity index is 882. The molecule has 160 valence electrons. The Morgan fingerprint density at radius 3 is 2.93 bits per heavy atom. The summed E-state index contributed by atoms with van der Waals surface area (Å²) in [5.74, 6) is -0.329. The van der Waals surface area contributed by atoms with Crippen LogP contribution in [0.1, 0.15) is 30.9 Å². The fourth-order valence-corrected chi connectivity index (χ4v) is 4.56. The van der Waals surface area contributed by atoms with Gasteiger partial charge >= 0.3 is 0 Å². The van der Waals surface area contributed by atoms with Gasteiger partial charge in [-0.05, 0) is 37.0 Å². The molecule has 0 aromatic heterocycles. The van der Waals surface area contributed by atoms with Crippen LogP contribution in [0.3, 0.4) is 0 Å². The number of hydrogen-bond donors (Lipinski definition) is 0. The van der Waals surface area contributed by atoms with Crippen molar-refractivity contribution in [2.75, 3.05) is 26.9 Å². The standard InChI is InChI=1S/C23H26FNO5/c1-3-10-29-16-6-4-5-14(12-16)20-19-21(26)17-13-15(24)7-8-18(17)30-22(19)23(27)25(20)9-11-28-2/h3-6,12,15,17-18,20H,1,7-11,13H2,2H3. The highest BCUT2D eigenvalue weighted by molar-refractivity contribution is 6.11. The molecule has 2 aliphatic heterocycles. The second kappa shape index (κ2) is 8.60. The van der Waals surface area contributed by atoms with E-state index in [1.54, 1.807) is 18.1 Å². The second-order valence-electron chi connectivity index (χ2n) is 7.85. The zero-order chi connectivity index (χ0) is 21.3. The van der Waals surface area contributed by atoms with E-state index in [9.17, 15) is 14.0 Å². The summed E-state index contributed by atoms with van der Waals surface area (Å²) in [6, 6.07) is 6.69. The predicted octanol–water partition coefficient (Wildman–Crippen LogP) is 3.14. The van der Waals surface area contributed by atoms with E-state index in [1.807, 2.05) is 24.3 Å². The average molecular weight is 415 g/mol. The molecule has 1 amide bonds. The lowest BCUT2D eigenvalue weighted by molar-refractivity contribution is -0.136. The van der Waals surface area contributed by atoms with Gasteiger partial charge in [-0.25, -0.2) is 4.39 Å². The third-order valence-corrected chi connectivity index (χ3v) is 5.96. The Kier molecular flexibility index (Phi) is 5.90. The number of Topliss-reactive ketones (excluding diaryl/α,β-unsaturated/α-hetero) is 1. The van der Waals surface area contributed by atoms with Crippen molar-refractivity contribution in [2.24, 2.45) is 5.92 Å². The number of fused-ring (bicyclic) bond motifs is 1. The molecule has 1 aliphatic carbocycles. The van der Waals surface area contributed by atoms with Crippen molar-refractivity contribution < 1.29 is 28.2 Å². The number of halogens is 1. The number of ketones is 1. The maximum Gasteiger partial charge on any atom is 0.290 e. The Balaban J connectivity index is 1.73. The average Bonchev–Trinajstić information content (AvgIpc) is 3.03. The number of carbonyl (C=O) groups excluding carboxylic acids is 2. The van der Waals surface area contributed by atoms with Crippen molar-refractivity contribution >= 4 is 11.7 Å². The SMILES string of the molecule is C=CCOc1cccc(C2C3=C(OC4CCC(F)CC4C3=O)C(=O)N2CCOC)c1. The summed E-state index contributed by atoms with van der Waals surface area (Å²) in [6.45, 7) is 4.62. The van der Waals surface area contributed by atoms with Gasteiger partial charge in [-0.1, -0.05) is 24.8 Å². The first kappa shape index (κ1) is 20.6. The van der Waals surface area contributed by atoms with Crippen molar-refractivity contribution in [1.29, 1.82) is 0 Å². The molecule has 3 aliphatic rings. The van der Waals surface area contributed by atoms with Crippen molar-refractivity contribution in [3.63, 3.8) is 0 Å². The van der Waals surface area contributed by atoms with Crippen LogP contribution in [0.2, 0.25) is 0 Å². The number of alkyl halides is 1. The molecule has 2 heterocycles. The molecule has 0 saturated heterocycles. The Labute approximate surface area is 175 Å². The lowest BCUT2D eigenvalue weighted by atomic mass is 9.77. The molecule has 1 saturated carbocycles. The summed E-state index contributed by atoms with van der Waals surface area (Å²) in [5.41, 5.74) is 1.07. The smallest absolute Gasteiger partial charge is 0.290 e. The van der Waals surface area contributed by atoms with Crippen molar-refractivity contribution in [2.45, 2.75) is 37.6 Å². The Hall–Kier alpha value is -2.67. The molecule has 4 unspecified atom stereocenters. The van der Waals surface area contributed by atoms with Crippen LogP contribution in [0, 0.1) is 5.92 Å². The normalized spacial score (nSPS) is 28.1. The van der Waals surface area contributed by atoms with Gasteiger partial charge in [0.2, 0.25) is 0 Å². The molecule has 7 heteroatoms. The quantitative estimate of drug-likeness (QED) is 0.640. The first-order chi connectivity index (χ1) is 14.5. The molecule has 30 heavy (non-hydrogen) atoms. The van der Waals surface area contributed by atoms with E-state index in [4.69, 9.17) is 14.2 Å². The zero-order valence-electron chi connectivity index (χ0n) is 17.0. The largest absolute Gasteiger partial charge is 0.490 e. The lowest BCUT2D eigenvalue weighted by Crippen LogP contribution is -2.42. The van der Waals surface area contributed by atoms with E-state index < -0.39 is 24.2 Å². The van der Waals surface area contributed by atoms with Gasteiger partial charge in [0.15, 0.2) is 11.5 Å². The van der Waals surface area contributed by atoms with Gasteiger partial charge in [0.05, 0.1) is 24.1 Å². The summed E-state index contributed by atoms with van der Waals surface area (Å²) in [5, 5.41) is 0. The minimum Gasteiger partial charge on any atom is -0.490 e. The molecular weight excluding hydrogens is 389 g/mol. The van der Waals surface area contributed by atoms with Crippen LogP contribution in [-0.2, 0) is 19.1 Å². The highest BCUT2D eigenvalue weighted by Gasteiger charge is 2.52. The minimum atomic E-state index is -1.02. The van der Waals surface area contributed by atoms with Gasteiger partial charge in [0.1, 0.15) is 24.6 Å².